The first-order chi connectivity index (χ1) is 18.6. The largest absolute Gasteiger partial charge is 0.486 e. The maximum atomic E-state index is 13.9. The summed E-state index contributed by atoms with van der Waals surface area (Å²) in [5.74, 6) is 0.783. The number of piperidine rings is 1. The Hall–Kier alpha value is -3.49. The highest BCUT2D eigenvalue weighted by atomic mass is 32.2. The van der Waals surface area contributed by atoms with Crippen molar-refractivity contribution >= 4 is 40.6 Å². The van der Waals surface area contributed by atoms with E-state index in [4.69, 9.17) is 9.47 Å². The number of Topliss-reactive ketones (excluding diaryl/α,β-unsaturated/α-hetero) is 1. The van der Waals surface area contributed by atoms with Crippen LogP contribution in [-0.2, 0) is 4.74 Å². The first kappa shape index (κ1) is 23.6. The predicted octanol–water partition coefficient (Wildman–Crippen LogP) is 5.75. The second kappa shape index (κ2) is 9.36. The number of amides is 2. The fourth-order valence-electron chi connectivity index (χ4n) is 5.94. The molecule has 0 radical (unpaired) electrons. The topological polar surface area (TPSA) is 62.3 Å². The molecule has 2 fully saturated rings. The molecule has 3 aromatic rings. The Morgan fingerprint density at radius 2 is 1.50 bits per heavy atom. The monoisotopic (exact) mass is 527 g/mol. The molecule has 2 saturated heterocycles. The standard InChI is InChI=1S/C30H29N3O4S/c34-25-20-30(37-26-10-9-21(19-22(25)26)31-15-17-36-18-16-31)11-13-32(14-12-30)29(35)33-23-5-1-3-7-27(23)38-28-8-4-2-6-24(28)33/h1-10,19H,11-18,20H2. The van der Waals surface area contributed by atoms with E-state index in [1.807, 2.05) is 64.4 Å². The Kier molecular flexibility index (Phi) is 5.82. The molecule has 4 aliphatic rings. The number of anilines is 3. The molecule has 4 aliphatic heterocycles. The minimum Gasteiger partial charge on any atom is -0.486 e. The van der Waals surface area contributed by atoms with Gasteiger partial charge in [-0.2, -0.15) is 0 Å². The summed E-state index contributed by atoms with van der Waals surface area (Å²) >= 11 is 1.69. The molecule has 4 heterocycles. The number of nitrogens with zero attached hydrogens (tertiary/aromatic N) is 3. The molecule has 7 nitrogen and oxygen atoms in total. The van der Waals surface area contributed by atoms with Crippen molar-refractivity contribution in [3.8, 4) is 5.75 Å². The molecule has 0 atom stereocenters. The quantitative estimate of drug-likeness (QED) is 0.402. The Bertz CT molecular complexity index is 1370. The molecule has 0 aromatic heterocycles. The summed E-state index contributed by atoms with van der Waals surface area (Å²) in [7, 11) is 0. The van der Waals surface area contributed by atoms with E-state index >= 15 is 0 Å². The van der Waals surface area contributed by atoms with Crippen LogP contribution in [-0.4, -0.2) is 61.7 Å². The van der Waals surface area contributed by atoms with Crippen molar-refractivity contribution in [2.75, 3.05) is 49.2 Å². The van der Waals surface area contributed by atoms with Crippen LogP contribution in [0.25, 0.3) is 0 Å². The number of morpholine rings is 1. The molecule has 2 amide bonds. The zero-order valence-electron chi connectivity index (χ0n) is 21.1. The lowest BCUT2D eigenvalue weighted by Gasteiger charge is -2.45. The van der Waals surface area contributed by atoms with E-state index in [0.29, 0.717) is 56.9 Å². The second-order valence-corrected chi connectivity index (χ2v) is 11.4. The molecule has 1 spiro atoms. The minimum absolute atomic E-state index is 0.0299. The van der Waals surface area contributed by atoms with Gasteiger partial charge in [0.25, 0.3) is 0 Å². The zero-order valence-corrected chi connectivity index (χ0v) is 21.9. The van der Waals surface area contributed by atoms with Crippen molar-refractivity contribution in [3.05, 3.63) is 72.3 Å². The van der Waals surface area contributed by atoms with E-state index in [1.165, 1.54) is 0 Å². The molecule has 7 rings (SSSR count). The van der Waals surface area contributed by atoms with Crippen molar-refractivity contribution in [1.29, 1.82) is 0 Å². The first-order valence-corrected chi connectivity index (χ1v) is 14.1. The number of carbonyl (C=O) groups excluding carboxylic acids is 2. The maximum absolute atomic E-state index is 13.9. The normalized spacial score (nSPS) is 19.9. The molecule has 194 valence electrons. The van der Waals surface area contributed by atoms with E-state index in [2.05, 4.69) is 17.0 Å². The molecule has 0 aliphatic carbocycles. The molecule has 0 bridgehead atoms. The summed E-state index contributed by atoms with van der Waals surface area (Å²) in [5, 5.41) is 0. The van der Waals surface area contributed by atoms with E-state index in [9.17, 15) is 9.59 Å². The lowest BCUT2D eigenvalue weighted by atomic mass is 9.82. The molecule has 38 heavy (non-hydrogen) atoms. The van der Waals surface area contributed by atoms with Gasteiger partial charge in [-0.25, -0.2) is 4.79 Å². The average molecular weight is 528 g/mol. The fourth-order valence-corrected chi connectivity index (χ4v) is 6.99. The predicted molar refractivity (Wildman–Crippen MR) is 147 cm³/mol. The molecule has 8 heteroatoms. The molecule has 0 unspecified atom stereocenters. The van der Waals surface area contributed by atoms with E-state index < -0.39 is 5.60 Å². The van der Waals surface area contributed by atoms with Crippen LogP contribution in [0, 0.1) is 0 Å². The van der Waals surface area contributed by atoms with Gasteiger partial charge in [-0.3, -0.25) is 9.69 Å². The van der Waals surface area contributed by atoms with Gasteiger partial charge >= 0.3 is 6.03 Å². The number of carbonyl (C=O) groups is 2. The maximum Gasteiger partial charge on any atom is 0.329 e. The van der Waals surface area contributed by atoms with E-state index in [-0.39, 0.29) is 11.8 Å². The van der Waals surface area contributed by atoms with Crippen LogP contribution in [0.15, 0.2) is 76.5 Å². The first-order valence-electron chi connectivity index (χ1n) is 13.2. The third-order valence-electron chi connectivity index (χ3n) is 8.02. The molecule has 0 saturated carbocycles. The van der Waals surface area contributed by atoms with Crippen molar-refractivity contribution in [3.63, 3.8) is 0 Å². The third-order valence-corrected chi connectivity index (χ3v) is 9.15. The van der Waals surface area contributed by atoms with Gasteiger partial charge in [0.2, 0.25) is 0 Å². The van der Waals surface area contributed by atoms with Gasteiger partial charge in [0, 0.05) is 54.5 Å². The van der Waals surface area contributed by atoms with Crippen molar-refractivity contribution in [1.82, 2.24) is 4.90 Å². The van der Waals surface area contributed by atoms with Gasteiger partial charge in [-0.05, 0) is 42.5 Å². The number of ether oxygens (including phenoxy) is 2. The molecule has 0 N–H and O–H groups in total. The number of hydrogen-bond donors (Lipinski definition) is 0. The lowest BCUT2D eigenvalue weighted by Crippen LogP contribution is -2.54. The van der Waals surface area contributed by atoms with Crippen LogP contribution in [0.2, 0.25) is 0 Å². The van der Waals surface area contributed by atoms with Crippen LogP contribution in [0.5, 0.6) is 5.75 Å². The number of hydrogen-bond acceptors (Lipinski definition) is 6. The number of benzene rings is 3. The van der Waals surface area contributed by atoms with Crippen LogP contribution in [0.3, 0.4) is 0 Å². The van der Waals surface area contributed by atoms with Crippen LogP contribution in [0.1, 0.15) is 29.6 Å². The number of para-hydroxylation sites is 2. The Labute approximate surface area is 226 Å². The van der Waals surface area contributed by atoms with E-state index in [1.54, 1.807) is 11.8 Å². The average Bonchev–Trinajstić information content (AvgIpc) is 2.96. The van der Waals surface area contributed by atoms with Gasteiger partial charge in [-0.1, -0.05) is 36.0 Å². The highest BCUT2D eigenvalue weighted by Crippen LogP contribution is 2.49. The number of ketones is 1. The smallest absolute Gasteiger partial charge is 0.329 e. The van der Waals surface area contributed by atoms with Crippen LogP contribution in [0.4, 0.5) is 21.9 Å². The number of rotatable bonds is 1. The molecule has 3 aromatic carbocycles. The number of fused-ring (bicyclic) bond motifs is 3. The fraction of sp³-hybridized carbons (Fsp3) is 0.333. The highest BCUT2D eigenvalue weighted by Gasteiger charge is 2.45. The van der Waals surface area contributed by atoms with E-state index in [0.717, 1.165) is 39.9 Å². The van der Waals surface area contributed by atoms with Gasteiger partial charge in [0.15, 0.2) is 5.78 Å². The summed E-state index contributed by atoms with van der Waals surface area (Å²) in [6, 6.07) is 22.0. The summed E-state index contributed by atoms with van der Waals surface area (Å²) < 4.78 is 12.0. The second-order valence-electron chi connectivity index (χ2n) is 10.3. The Balaban J connectivity index is 1.09. The van der Waals surface area contributed by atoms with Crippen LogP contribution < -0.4 is 14.5 Å². The van der Waals surface area contributed by atoms with Gasteiger partial charge in [0.05, 0.1) is 36.6 Å². The Morgan fingerprint density at radius 3 is 2.18 bits per heavy atom. The SMILES string of the molecule is O=C1CC2(CCN(C(=O)N3c4ccccc4Sc4ccccc43)CC2)Oc2ccc(N3CCOCC3)cc21. The van der Waals surface area contributed by atoms with Crippen LogP contribution >= 0.6 is 11.8 Å². The number of urea groups is 1. The summed E-state index contributed by atoms with van der Waals surface area (Å²) in [5.41, 5.74) is 2.97. The summed E-state index contributed by atoms with van der Waals surface area (Å²) in [6.45, 7) is 4.14. The van der Waals surface area contributed by atoms with Gasteiger partial charge < -0.3 is 19.3 Å². The third kappa shape index (κ3) is 4.03. The Morgan fingerprint density at radius 1 is 0.842 bits per heavy atom. The van der Waals surface area contributed by atoms with Gasteiger partial charge in [-0.15, -0.1) is 0 Å². The highest BCUT2D eigenvalue weighted by molar-refractivity contribution is 7.99. The number of likely N-dealkylation sites (tertiary alicyclic amines) is 1. The zero-order chi connectivity index (χ0) is 25.7. The summed E-state index contributed by atoms with van der Waals surface area (Å²) in [4.78, 5) is 35.4. The van der Waals surface area contributed by atoms with Crippen molar-refractivity contribution in [2.24, 2.45) is 0 Å². The minimum atomic E-state index is -0.561. The van der Waals surface area contributed by atoms with Gasteiger partial charge in [0.1, 0.15) is 11.4 Å². The molecular weight excluding hydrogens is 498 g/mol. The van der Waals surface area contributed by atoms with Crippen molar-refractivity contribution in [2.45, 2.75) is 34.7 Å². The lowest BCUT2D eigenvalue weighted by molar-refractivity contribution is 0.0000315. The molecular formula is C30H29N3O4S. The van der Waals surface area contributed by atoms with Crippen molar-refractivity contribution < 1.29 is 19.1 Å². The summed E-state index contributed by atoms with van der Waals surface area (Å²) in [6.07, 6.45) is 1.60.